The Morgan fingerprint density at radius 2 is 1.96 bits per heavy atom. The van der Waals surface area contributed by atoms with E-state index in [1.807, 2.05) is 17.0 Å². The van der Waals surface area contributed by atoms with Crippen LogP contribution in [0.3, 0.4) is 0 Å². The lowest BCUT2D eigenvalue weighted by molar-refractivity contribution is 0.115. The van der Waals surface area contributed by atoms with Crippen LogP contribution in [0.25, 0.3) is 0 Å². The number of nitrogens with zero attached hydrogens (tertiary/aromatic N) is 2. The molecule has 0 radical (unpaired) electrons. The molecule has 2 heterocycles. The molecule has 1 aromatic rings. The number of ether oxygens (including phenoxy) is 3. The Labute approximate surface area is 136 Å². The molecule has 6 nitrogen and oxygen atoms in total. The van der Waals surface area contributed by atoms with Crippen LogP contribution >= 0.6 is 0 Å². The van der Waals surface area contributed by atoms with E-state index in [1.54, 1.807) is 14.2 Å². The maximum atomic E-state index is 11.7. The SMILES string of the molecule is COc1cccc(CN2CCC(N3CCOC3=O)CC2)c1OC. The number of piperidine rings is 1. The summed E-state index contributed by atoms with van der Waals surface area (Å²) < 4.78 is 15.9. The number of rotatable bonds is 5. The molecule has 2 fully saturated rings. The third kappa shape index (κ3) is 3.37. The Kier molecular flexibility index (Phi) is 4.91. The van der Waals surface area contributed by atoms with Gasteiger partial charge in [-0.1, -0.05) is 12.1 Å². The second kappa shape index (κ2) is 7.08. The van der Waals surface area contributed by atoms with Crippen LogP contribution in [0, 0.1) is 0 Å². The number of carbonyl (C=O) groups excluding carboxylic acids is 1. The molecule has 0 unspecified atom stereocenters. The molecule has 0 spiro atoms. The number of amides is 1. The van der Waals surface area contributed by atoms with Crippen LogP contribution in [0.5, 0.6) is 11.5 Å². The first kappa shape index (κ1) is 15.9. The Bertz CT molecular complexity index is 556. The van der Waals surface area contributed by atoms with Gasteiger partial charge in [-0.15, -0.1) is 0 Å². The Balaban J connectivity index is 1.60. The zero-order chi connectivity index (χ0) is 16.2. The van der Waals surface area contributed by atoms with Crippen molar-refractivity contribution in [3.05, 3.63) is 23.8 Å². The first-order valence-corrected chi connectivity index (χ1v) is 8.08. The highest BCUT2D eigenvalue weighted by Crippen LogP contribution is 2.32. The van der Waals surface area contributed by atoms with Crippen LogP contribution < -0.4 is 9.47 Å². The van der Waals surface area contributed by atoms with Crippen molar-refractivity contribution in [1.82, 2.24) is 9.80 Å². The van der Waals surface area contributed by atoms with Gasteiger partial charge in [0.1, 0.15) is 6.61 Å². The molecule has 126 valence electrons. The van der Waals surface area contributed by atoms with Crippen LogP contribution in [-0.2, 0) is 11.3 Å². The molecule has 0 aromatic heterocycles. The van der Waals surface area contributed by atoms with Gasteiger partial charge in [0.2, 0.25) is 0 Å². The van der Waals surface area contributed by atoms with Crippen molar-refractivity contribution in [2.24, 2.45) is 0 Å². The first-order chi connectivity index (χ1) is 11.2. The minimum absolute atomic E-state index is 0.155. The third-order valence-corrected chi connectivity index (χ3v) is 4.67. The van der Waals surface area contributed by atoms with Crippen molar-refractivity contribution in [2.45, 2.75) is 25.4 Å². The van der Waals surface area contributed by atoms with Gasteiger partial charge in [-0.2, -0.15) is 0 Å². The standard InChI is InChI=1S/C17H24N2O4/c1-21-15-5-3-4-13(16(15)22-2)12-18-8-6-14(7-9-18)19-10-11-23-17(19)20/h3-5,14H,6-12H2,1-2H3. The molecule has 0 aliphatic carbocycles. The number of hydrogen-bond acceptors (Lipinski definition) is 5. The molecular formula is C17H24N2O4. The summed E-state index contributed by atoms with van der Waals surface area (Å²) in [5.41, 5.74) is 1.13. The highest BCUT2D eigenvalue weighted by atomic mass is 16.6. The summed E-state index contributed by atoms with van der Waals surface area (Å²) in [5.74, 6) is 1.57. The summed E-state index contributed by atoms with van der Waals surface area (Å²) >= 11 is 0. The number of hydrogen-bond donors (Lipinski definition) is 0. The normalized spacial score (nSPS) is 19.7. The van der Waals surface area contributed by atoms with E-state index in [1.165, 1.54) is 0 Å². The molecule has 1 aromatic carbocycles. The second-order valence-electron chi connectivity index (χ2n) is 5.97. The van der Waals surface area contributed by atoms with E-state index in [9.17, 15) is 4.79 Å². The van der Waals surface area contributed by atoms with Crippen LogP contribution in [0.15, 0.2) is 18.2 Å². The zero-order valence-electron chi connectivity index (χ0n) is 13.8. The van der Waals surface area contributed by atoms with Gasteiger partial charge in [0.25, 0.3) is 0 Å². The monoisotopic (exact) mass is 320 g/mol. The lowest BCUT2D eigenvalue weighted by atomic mass is 10.0. The summed E-state index contributed by atoms with van der Waals surface area (Å²) in [6.07, 6.45) is 1.82. The molecule has 6 heteroatoms. The van der Waals surface area contributed by atoms with Crippen LogP contribution in [0.2, 0.25) is 0 Å². The maximum absolute atomic E-state index is 11.7. The van der Waals surface area contributed by atoms with E-state index >= 15 is 0 Å². The lowest BCUT2D eigenvalue weighted by Gasteiger charge is -2.35. The molecule has 2 aliphatic rings. The molecule has 23 heavy (non-hydrogen) atoms. The topological polar surface area (TPSA) is 51.2 Å². The Hall–Kier alpha value is -1.95. The average Bonchev–Trinajstić information content (AvgIpc) is 3.01. The molecule has 0 N–H and O–H groups in total. The van der Waals surface area contributed by atoms with Crippen molar-refractivity contribution < 1.29 is 19.0 Å². The Morgan fingerprint density at radius 3 is 2.57 bits per heavy atom. The van der Waals surface area contributed by atoms with Crippen molar-refractivity contribution >= 4 is 6.09 Å². The number of carbonyl (C=O) groups is 1. The van der Waals surface area contributed by atoms with Crippen LogP contribution in [-0.4, -0.2) is 62.4 Å². The number of likely N-dealkylation sites (tertiary alicyclic amines) is 1. The molecule has 3 rings (SSSR count). The molecule has 2 aliphatic heterocycles. The molecule has 0 bridgehead atoms. The fourth-order valence-electron chi connectivity index (χ4n) is 3.45. The van der Waals surface area contributed by atoms with Gasteiger partial charge >= 0.3 is 6.09 Å². The third-order valence-electron chi connectivity index (χ3n) is 4.67. The fraction of sp³-hybridized carbons (Fsp3) is 0.588. The van der Waals surface area contributed by atoms with Crippen LogP contribution in [0.1, 0.15) is 18.4 Å². The largest absolute Gasteiger partial charge is 0.493 e. The maximum Gasteiger partial charge on any atom is 0.410 e. The van der Waals surface area contributed by atoms with E-state index < -0.39 is 0 Å². The van der Waals surface area contributed by atoms with Crippen molar-refractivity contribution in [3.8, 4) is 11.5 Å². The van der Waals surface area contributed by atoms with Gasteiger partial charge in [-0.25, -0.2) is 4.79 Å². The van der Waals surface area contributed by atoms with Gasteiger partial charge in [-0.3, -0.25) is 4.90 Å². The quantitative estimate of drug-likeness (QED) is 0.832. The number of methoxy groups -OCH3 is 2. The summed E-state index contributed by atoms with van der Waals surface area (Å²) in [4.78, 5) is 15.9. The van der Waals surface area contributed by atoms with E-state index in [2.05, 4.69) is 11.0 Å². The van der Waals surface area contributed by atoms with Gasteiger partial charge in [-0.05, 0) is 18.9 Å². The first-order valence-electron chi connectivity index (χ1n) is 8.08. The molecule has 0 saturated carbocycles. The predicted molar refractivity (Wildman–Crippen MR) is 85.9 cm³/mol. The summed E-state index contributed by atoms with van der Waals surface area (Å²) in [6, 6.07) is 6.29. The minimum Gasteiger partial charge on any atom is -0.493 e. The highest BCUT2D eigenvalue weighted by molar-refractivity contribution is 5.69. The van der Waals surface area contributed by atoms with E-state index in [-0.39, 0.29) is 6.09 Å². The minimum atomic E-state index is -0.155. The van der Waals surface area contributed by atoms with Crippen molar-refractivity contribution in [3.63, 3.8) is 0 Å². The zero-order valence-corrected chi connectivity index (χ0v) is 13.8. The van der Waals surface area contributed by atoms with Gasteiger partial charge in [0, 0.05) is 31.2 Å². The van der Waals surface area contributed by atoms with E-state index in [0.717, 1.165) is 56.1 Å². The van der Waals surface area contributed by atoms with E-state index in [4.69, 9.17) is 14.2 Å². The predicted octanol–water partition coefficient (Wildman–Crippen LogP) is 2.12. The smallest absolute Gasteiger partial charge is 0.410 e. The van der Waals surface area contributed by atoms with Gasteiger partial charge < -0.3 is 19.1 Å². The molecule has 1 amide bonds. The van der Waals surface area contributed by atoms with Crippen molar-refractivity contribution in [2.75, 3.05) is 40.5 Å². The number of benzene rings is 1. The molecular weight excluding hydrogens is 296 g/mol. The average molecular weight is 320 g/mol. The van der Waals surface area contributed by atoms with E-state index in [0.29, 0.717) is 12.6 Å². The Morgan fingerprint density at radius 1 is 1.17 bits per heavy atom. The lowest BCUT2D eigenvalue weighted by Crippen LogP contribution is -2.45. The van der Waals surface area contributed by atoms with Crippen molar-refractivity contribution in [1.29, 1.82) is 0 Å². The number of para-hydroxylation sites is 1. The summed E-state index contributed by atoms with van der Waals surface area (Å²) in [6.45, 7) is 4.02. The van der Waals surface area contributed by atoms with Gasteiger partial charge in [0.15, 0.2) is 11.5 Å². The van der Waals surface area contributed by atoms with Gasteiger partial charge in [0.05, 0.1) is 20.8 Å². The van der Waals surface area contributed by atoms with Crippen LogP contribution in [0.4, 0.5) is 4.79 Å². The molecule has 0 atom stereocenters. The summed E-state index contributed by atoms with van der Waals surface area (Å²) in [5, 5.41) is 0. The summed E-state index contributed by atoms with van der Waals surface area (Å²) in [7, 11) is 3.33. The second-order valence-corrected chi connectivity index (χ2v) is 5.97. The fourth-order valence-corrected chi connectivity index (χ4v) is 3.45. The highest BCUT2D eigenvalue weighted by Gasteiger charge is 2.32. The number of cyclic esters (lactones) is 1. The molecule has 2 saturated heterocycles.